The zero-order valence-electron chi connectivity index (χ0n) is 10.6. The van der Waals surface area contributed by atoms with E-state index in [1.54, 1.807) is 6.20 Å². The second kappa shape index (κ2) is 4.65. The normalized spacial score (nSPS) is 13.7. The van der Waals surface area contributed by atoms with Gasteiger partial charge in [-0.3, -0.25) is 0 Å². The summed E-state index contributed by atoms with van der Waals surface area (Å²) in [6.45, 7) is 1.33. The average molecular weight is 255 g/mol. The SMILES string of the molecule is Cn1cc(C#N)nc1-c1ccc2c(c1)OCCCO2. The molecule has 1 aliphatic heterocycles. The predicted molar refractivity (Wildman–Crippen MR) is 69.0 cm³/mol. The molecule has 1 aromatic carbocycles. The van der Waals surface area contributed by atoms with Crippen molar-refractivity contribution in [3.05, 3.63) is 30.1 Å². The third kappa shape index (κ3) is 2.13. The number of hydrogen-bond donors (Lipinski definition) is 0. The minimum Gasteiger partial charge on any atom is -0.490 e. The molecule has 0 radical (unpaired) electrons. The van der Waals surface area contributed by atoms with Gasteiger partial charge in [0.25, 0.3) is 0 Å². The Bertz CT molecular complexity index is 655. The summed E-state index contributed by atoms with van der Waals surface area (Å²) in [7, 11) is 1.87. The number of aryl methyl sites for hydroxylation is 1. The molecule has 0 saturated heterocycles. The van der Waals surface area contributed by atoms with Gasteiger partial charge in [-0.2, -0.15) is 5.26 Å². The largest absolute Gasteiger partial charge is 0.490 e. The van der Waals surface area contributed by atoms with Crippen LogP contribution in [0.4, 0.5) is 0 Å². The summed E-state index contributed by atoms with van der Waals surface area (Å²) >= 11 is 0. The minimum atomic E-state index is 0.407. The van der Waals surface area contributed by atoms with E-state index >= 15 is 0 Å². The highest BCUT2D eigenvalue weighted by atomic mass is 16.5. The van der Waals surface area contributed by atoms with Gasteiger partial charge >= 0.3 is 0 Å². The number of hydrogen-bond acceptors (Lipinski definition) is 4. The number of nitriles is 1. The molecule has 0 unspecified atom stereocenters. The maximum absolute atomic E-state index is 8.88. The first kappa shape index (κ1) is 11.6. The number of fused-ring (bicyclic) bond motifs is 1. The van der Waals surface area contributed by atoms with Crippen molar-refractivity contribution >= 4 is 0 Å². The smallest absolute Gasteiger partial charge is 0.161 e. The molecular formula is C14H13N3O2. The fraction of sp³-hybridized carbons (Fsp3) is 0.286. The van der Waals surface area contributed by atoms with Gasteiger partial charge in [0.05, 0.1) is 13.2 Å². The van der Waals surface area contributed by atoms with Crippen molar-refractivity contribution < 1.29 is 9.47 Å². The Balaban J connectivity index is 2.04. The minimum absolute atomic E-state index is 0.407. The highest BCUT2D eigenvalue weighted by Crippen LogP contribution is 2.33. The molecular weight excluding hydrogens is 242 g/mol. The third-order valence-electron chi connectivity index (χ3n) is 3.00. The van der Waals surface area contributed by atoms with Crippen molar-refractivity contribution in [1.82, 2.24) is 9.55 Å². The molecule has 0 N–H and O–H groups in total. The molecule has 0 atom stereocenters. The molecule has 2 aromatic rings. The fourth-order valence-corrected chi connectivity index (χ4v) is 2.09. The molecule has 96 valence electrons. The van der Waals surface area contributed by atoms with Crippen molar-refractivity contribution in [1.29, 1.82) is 5.26 Å². The van der Waals surface area contributed by atoms with E-state index in [1.165, 1.54) is 0 Å². The lowest BCUT2D eigenvalue weighted by molar-refractivity contribution is 0.297. The summed E-state index contributed by atoms with van der Waals surface area (Å²) in [4.78, 5) is 4.28. The molecule has 0 amide bonds. The van der Waals surface area contributed by atoms with Crippen LogP contribution >= 0.6 is 0 Å². The lowest BCUT2D eigenvalue weighted by Crippen LogP contribution is -1.97. The number of benzene rings is 1. The maximum atomic E-state index is 8.88. The first-order valence-electron chi connectivity index (χ1n) is 6.11. The Morgan fingerprint density at radius 3 is 2.79 bits per heavy atom. The van der Waals surface area contributed by atoms with Crippen LogP contribution in [0.25, 0.3) is 11.4 Å². The van der Waals surface area contributed by atoms with Crippen molar-refractivity contribution in [2.24, 2.45) is 7.05 Å². The second-order valence-corrected chi connectivity index (χ2v) is 4.38. The first-order chi connectivity index (χ1) is 9.28. The number of nitrogens with zero attached hydrogens (tertiary/aromatic N) is 3. The van der Waals surface area contributed by atoms with Crippen LogP contribution in [0, 0.1) is 11.3 Å². The Morgan fingerprint density at radius 1 is 1.26 bits per heavy atom. The number of aromatic nitrogens is 2. The lowest BCUT2D eigenvalue weighted by Gasteiger charge is -2.09. The summed E-state index contributed by atoms with van der Waals surface area (Å²) in [5.74, 6) is 2.24. The van der Waals surface area contributed by atoms with Crippen LogP contribution in [0.1, 0.15) is 12.1 Å². The van der Waals surface area contributed by atoms with Crippen LogP contribution in [0.2, 0.25) is 0 Å². The third-order valence-corrected chi connectivity index (χ3v) is 3.00. The molecule has 0 saturated carbocycles. The standard InChI is InChI=1S/C14H13N3O2/c1-17-9-11(8-15)16-14(17)10-3-4-12-13(7-10)19-6-2-5-18-12/h3-4,7,9H,2,5-6H2,1H3. The summed E-state index contributed by atoms with van der Waals surface area (Å²) in [5.41, 5.74) is 1.32. The van der Waals surface area contributed by atoms with E-state index in [0.29, 0.717) is 18.9 Å². The summed E-state index contributed by atoms with van der Waals surface area (Å²) in [5, 5.41) is 8.88. The van der Waals surface area contributed by atoms with Gasteiger partial charge in [0, 0.05) is 25.2 Å². The first-order valence-corrected chi connectivity index (χ1v) is 6.11. The van der Waals surface area contributed by atoms with E-state index in [2.05, 4.69) is 4.98 Å². The van der Waals surface area contributed by atoms with Crippen molar-refractivity contribution in [2.45, 2.75) is 6.42 Å². The molecule has 5 heteroatoms. The van der Waals surface area contributed by atoms with E-state index in [4.69, 9.17) is 14.7 Å². The van der Waals surface area contributed by atoms with Crippen LogP contribution in [-0.4, -0.2) is 22.8 Å². The lowest BCUT2D eigenvalue weighted by atomic mass is 10.2. The van der Waals surface area contributed by atoms with Crippen LogP contribution in [0.3, 0.4) is 0 Å². The van der Waals surface area contributed by atoms with Crippen LogP contribution in [-0.2, 0) is 7.05 Å². The molecule has 19 heavy (non-hydrogen) atoms. The molecule has 0 bridgehead atoms. The van der Waals surface area contributed by atoms with E-state index in [0.717, 1.165) is 29.3 Å². The van der Waals surface area contributed by atoms with Crippen LogP contribution in [0.15, 0.2) is 24.4 Å². The summed E-state index contributed by atoms with van der Waals surface area (Å²) < 4.78 is 13.1. The number of imidazole rings is 1. The second-order valence-electron chi connectivity index (χ2n) is 4.38. The Morgan fingerprint density at radius 2 is 2.05 bits per heavy atom. The van der Waals surface area contributed by atoms with E-state index in [-0.39, 0.29) is 0 Å². The van der Waals surface area contributed by atoms with Crippen LogP contribution < -0.4 is 9.47 Å². The monoisotopic (exact) mass is 255 g/mol. The zero-order chi connectivity index (χ0) is 13.2. The number of ether oxygens (including phenoxy) is 2. The molecule has 1 aliphatic rings. The van der Waals surface area contributed by atoms with Crippen molar-refractivity contribution in [3.63, 3.8) is 0 Å². The Kier molecular flexibility index (Phi) is 2.84. The van der Waals surface area contributed by atoms with Gasteiger partial charge in [-0.15, -0.1) is 0 Å². The molecule has 3 rings (SSSR count). The zero-order valence-corrected chi connectivity index (χ0v) is 10.6. The van der Waals surface area contributed by atoms with E-state index < -0.39 is 0 Å². The quantitative estimate of drug-likeness (QED) is 0.783. The predicted octanol–water partition coefficient (Wildman–Crippen LogP) is 2.12. The maximum Gasteiger partial charge on any atom is 0.161 e. The Hall–Kier alpha value is -2.48. The van der Waals surface area contributed by atoms with Crippen molar-refractivity contribution in [3.8, 4) is 29.0 Å². The molecule has 0 spiro atoms. The highest BCUT2D eigenvalue weighted by Gasteiger charge is 2.14. The molecule has 0 fully saturated rings. The fourth-order valence-electron chi connectivity index (χ4n) is 2.09. The average Bonchev–Trinajstić information content (AvgIpc) is 2.66. The molecule has 5 nitrogen and oxygen atoms in total. The van der Waals surface area contributed by atoms with E-state index in [1.807, 2.05) is 35.9 Å². The molecule has 2 heterocycles. The van der Waals surface area contributed by atoms with Gasteiger partial charge < -0.3 is 14.0 Å². The van der Waals surface area contributed by atoms with Gasteiger partial charge in [0.15, 0.2) is 17.2 Å². The highest BCUT2D eigenvalue weighted by molar-refractivity contribution is 5.62. The van der Waals surface area contributed by atoms with Gasteiger partial charge in [-0.1, -0.05) is 0 Å². The van der Waals surface area contributed by atoms with Gasteiger partial charge in [0.2, 0.25) is 0 Å². The van der Waals surface area contributed by atoms with Crippen LogP contribution in [0.5, 0.6) is 11.5 Å². The number of rotatable bonds is 1. The summed E-state index contributed by atoms with van der Waals surface area (Å²) in [6, 6.07) is 7.76. The van der Waals surface area contributed by atoms with Crippen molar-refractivity contribution in [2.75, 3.05) is 13.2 Å². The molecule has 1 aromatic heterocycles. The Labute approximate surface area is 111 Å². The topological polar surface area (TPSA) is 60.1 Å². The van der Waals surface area contributed by atoms with Gasteiger partial charge in [-0.05, 0) is 18.2 Å². The summed E-state index contributed by atoms with van der Waals surface area (Å²) in [6.07, 6.45) is 2.59. The van der Waals surface area contributed by atoms with Gasteiger partial charge in [0.1, 0.15) is 11.9 Å². The van der Waals surface area contributed by atoms with Gasteiger partial charge in [-0.25, -0.2) is 4.98 Å². The van der Waals surface area contributed by atoms with E-state index in [9.17, 15) is 0 Å². The molecule has 0 aliphatic carbocycles.